The number of rotatable bonds is 6. The lowest BCUT2D eigenvalue weighted by atomic mass is 10.1. The Morgan fingerprint density at radius 2 is 2.08 bits per heavy atom. The van der Waals surface area contributed by atoms with E-state index in [1.54, 1.807) is 0 Å². The summed E-state index contributed by atoms with van der Waals surface area (Å²) in [6, 6.07) is 0.295. The average Bonchev–Trinajstić information content (AvgIpc) is 2.80. The fourth-order valence-corrected chi connectivity index (χ4v) is 1.39. The van der Waals surface area contributed by atoms with E-state index in [0.717, 1.165) is 12.5 Å². The Morgan fingerprint density at radius 1 is 1.42 bits per heavy atom. The molecule has 1 atom stereocenters. The Morgan fingerprint density at radius 3 is 2.50 bits per heavy atom. The van der Waals surface area contributed by atoms with Crippen LogP contribution in [-0.4, -0.2) is 24.3 Å². The number of aliphatic hydroxyl groups is 1. The molecule has 0 aromatic rings. The van der Waals surface area contributed by atoms with Crippen molar-refractivity contribution in [1.29, 1.82) is 0 Å². The van der Waals surface area contributed by atoms with Gasteiger partial charge in [-0.25, -0.2) is 0 Å². The highest BCUT2D eigenvalue weighted by Gasteiger charge is 2.21. The Kier molecular flexibility index (Phi) is 4.02. The van der Waals surface area contributed by atoms with Crippen LogP contribution in [0.2, 0.25) is 0 Å². The summed E-state index contributed by atoms with van der Waals surface area (Å²) < 4.78 is 0. The Labute approximate surface area is 75.4 Å². The summed E-state index contributed by atoms with van der Waals surface area (Å²) in [5.41, 5.74) is 0. The molecule has 0 aromatic heterocycles. The van der Waals surface area contributed by atoms with E-state index >= 15 is 0 Å². The molecule has 1 aliphatic carbocycles. The lowest BCUT2D eigenvalue weighted by Gasteiger charge is -2.19. The number of nitrogens with one attached hydrogen (secondary N) is 1. The molecule has 1 saturated carbocycles. The first kappa shape index (κ1) is 10.0. The molecule has 1 rings (SSSR count). The maximum atomic E-state index is 9.01. The highest BCUT2D eigenvalue weighted by molar-refractivity contribution is 4.76. The van der Waals surface area contributed by atoms with Gasteiger partial charge >= 0.3 is 0 Å². The van der Waals surface area contributed by atoms with Crippen molar-refractivity contribution in [2.24, 2.45) is 11.8 Å². The van der Waals surface area contributed by atoms with Crippen LogP contribution in [0.3, 0.4) is 0 Å². The van der Waals surface area contributed by atoms with E-state index in [2.05, 4.69) is 19.2 Å². The Balaban J connectivity index is 2.01. The molecule has 1 fully saturated rings. The second-order valence-electron chi connectivity index (χ2n) is 4.22. The quantitative estimate of drug-likeness (QED) is 0.633. The van der Waals surface area contributed by atoms with Crippen molar-refractivity contribution in [3.8, 4) is 0 Å². The fourth-order valence-electron chi connectivity index (χ4n) is 1.39. The van der Waals surface area contributed by atoms with E-state index < -0.39 is 0 Å². The van der Waals surface area contributed by atoms with E-state index in [-0.39, 0.29) is 6.61 Å². The van der Waals surface area contributed by atoms with Crippen LogP contribution in [0.25, 0.3) is 0 Å². The number of hydrogen-bond acceptors (Lipinski definition) is 2. The van der Waals surface area contributed by atoms with Crippen molar-refractivity contribution >= 4 is 0 Å². The zero-order valence-electron chi connectivity index (χ0n) is 8.21. The molecule has 2 heteroatoms. The van der Waals surface area contributed by atoms with Gasteiger partial charge in [0.1, 0.15) is 0 Å². The van der Waals surface area contributed by atoms with E-state index in [1.807, 2.05) is 0 Å². The number of aliphatic hydroxyl groups excluding tert-OH is 1. The molecular formula is C10H21NO. The predicted octanol–water partition coefficient (Wildman–Crippen LogP) is 1.39. The Bertz CT molecular complexity index is 121. The molecule has 0 unspecified atom stereocenters. The summed E-state index contributed by atoms with van der Waals surface area (Å²) in [7, 11) is 0. The van der Waals surface area contributed by atoms with E-state index in [0.29, 0.717) is 12.0 Å². The molecule has 2 nitrogen and oxygen atoms in total. The van der Waals surface area contributed by atoms with Gasteiger partial charge in [0, 0.05) is 6.04 Å². The minimum Gasteiger partial charge on any atom is -0.395 e. The summed E-state index contributed by atoms with van der Waals surface area (Å²) >= 11 is 0. The maximum absolute atomic E-state index is 9.01. The van der Waals surface area contributed by atoms with Gasteiger partial charge in [-0.2, -0.15) is 0 Å². The molecule has 0 amide bonds. The van der Waals surface area contributed by atoms with E-state index in [4.69, 9.17) is 5.11 Å². The summed E-state index contributed by atoms with van der Waals surface area (Å²) in [5, 5.41) is 12.4. The first-order valence-corrected chi connectivity index (χ1v) is 5.08. The molecule has 0 aromatic carbocycles. The number of hydrogen-bond donors (Lipinski definition) is 2. The molecule has 0 saturated heterocycles. The third-order valence-corrected chi connectivity index (χ3v) is 2.66. The van der Waals surface area contributed by atoms with Gasteiger partial charge in [-0.3, -0.25) is 0 Å². The fraction of sp³-hybridized carbons (Fsp3) is 1.00. The van der Waals surface area contributed by atoms with Crippen LogP contribution in [0, 0.1) is 11.8 Å². The topological polar surface area (TPSA) is 32.3 Å². The summed E-state index contributed by atoms with van der Waals surface area (Å²) in [5.74, 6) is 1.53. The van der Waals surface area contributed by atoms with Crippen molar-refractivity contribution in [3.63, 3.8) is 0 Å². The minimum absolute atomic E-state index is 0.266. The minimum atomic E-state index is 0.266. The molecular weight excluding hydrogens is 150 g/mol. The highest BCUT2D eigenvalue weighted by Crippen LogP contribution is 2.31. The molecule has 12 heavy (non-hydrogen) atoms. The molecule has 0 aliphatic heterocycles. The molecule has 72 valence electrons. The van der Waals surface area contributed by atoms with Crippen molar-refractivity contribution in [1.82, 2.24) is 5.32 Å². The summed E-state index contributed by atoms with van der Waals surface area (Å²) in [4.78, 5) is 0. The molecule has 0 heterocycles. The van der Waals surface area contributed by atoms with Gasteiger partial charge in [0.15, 0.2) is 0 Å². The second kappa shape index (κ2) is 4.83. The van der Waals surface area contributed by atoms with Crippen LogP contribution in [0.4, 0.5) is 0 Å². The third-order valence-electron chi connectivity index (χ3n) is 2.66. The van der Waals surface area contributed by atoms with Gasteiger partial charge in [0.05, 0.1) is 6.61 Å². The van der Waals surface area contributed by atoms with Gasteiger partial charge in [-0.05, 0) is 24.8 Å². The summed E-state index contributed by atoms with van der Waals surface area (Å²) in [6.07, 6.45) is 4.14. The molecule has 0 spiro atoms. The van der Waals surface area contributed by atoms with Crippen molar-refractivity contribution < 1.29 is 5.11 Å². The average molecular weight is 171 g/mol. The van der Waals surface area contributed by atoms with Crippen LogP contribution in [0.1, 0.15) is 33.1 Å². The predicted molar refractivity (Wildman–Crippen MR) is 51.1 cm³/mol. The highest BCUT2D eigenvalue weighted by atomic mass is 16.3. The van der Waals surface area contributed by atoms with Gasteiger partial charge < -0.3 is 10.4 Å². The van der Waals surface area contributed by atoms with Crippen LogP contribution in [0.5, 0.6) is 0 Å². The lowest BCUT2D eigenvalue weighted by Crippen LogP contribution is -2.37. The SMILES string of the molecule is CC(C)[C@@H](CO)NCCC1CC1. The first-order chi connectivity index (χ1) is 5.74. The van der Waals surface area contributed by atoms with Crippen molar-refractivity contribution in [2.45, 2.75) is 39.2 Å². The monoisotopic (exact) mass is 171 g/mol. The van der Waals surface area contributed by atoms with Crippen molar-refractivity contribution in [3.05, 3.63) is 0 Å². The zero-order chi connectivity index (χ0) is 8.97. The van der Waals surface area contributed by atoms with Crippen LogP contribution < -0.4 is 5.32 Å². The van der Waals surface area contributed by atoms with Crippen LogP contribution in [-0.2, 0) is 0 Å². The summed E-state index contributed by atoms with van der Waals surface area (Å²) in [6.45, 7) is 5.63. The zero-order valence-corrected chi connectivity index (χ0v) is 8.21. The lowest BCUT2D eigenvalue weighted by molar-refractivity contribution is 0.210. The largest absolute Gasteiger partial charge is 0.395 e. The normalized spacial score (nSPS) is 20.0. The van der Waals surface area contributed by atoms with Gasteiger partial charge in [-0.15, -0.1) is 0 Å². The standard InChI is InChI=1S/C10H21NO/c1-8(2)10(7-12)11-6-5-9-3-4-9/h8-12H,3-7H2,1-2H3/t10-/m1/s1. The molecule has 1 aliphatic rings. The van der Waals surface area contributed by atoms with Crippen LogP contribution >= 0.6 is 0 Å². The molecule has 2 N–H and O–H groups in total. The second-order valence-corrected chi connectivity index (χ2v) is 4.22. The first-order valence-electron chi connectivity index (χ1n) is 5.08. The van der Waals surface area contributed by atoms with Gasteiger partial charge in [-0.1, -0.05) is 26.7 Å². The molecule has 0 bridgehead atoms. The van der Waals surface area contributed by atoms with Crippen molar-refractivity contribution in [2.75, 3.05) is 13.2 Å². The van der Waals surface area contributed by atoms with Crippen LogP contribution in [0.15, 0.2) is 0 Å². The third kappa shape index (κ3) is 3.55. The molecule has 0 radical (unpaired) electrons. The Hall–Kier alpha value is -0.0800. The smallest absolute Gasteiger partial charge is 0.0587 e. The van der Waals surface area contributed by atoms with Gasteiger partial charge in [0.25, 0.3) is 0 Å². The van der Waals surface area contributed by atoms with Gasteiger partial charge in [0.2, 0.25) is 0 Å². The van der Waals surface area contributed by atoms with E-state index in [1.165, 1.54) is 19.3 Å². The maximum Gasteiger partial charge on any atom is 0.0587 e. The van der Waals surface area contributed by atoms with E-state index in [9.17, 15) is 0 Å².